The van der Waals surface area contributed by atoms with E-state index in [-0.39, 0.29) is 17.0 Å². The molecule has 1 amide bonds. The third-order valence-electron chi connectivity index (χ3n) is 6.25. The first kappa shape index (κ1) is 25.4. The highest BCUT2D eigenvalue weighted by Gasteiger charge is 2.31. The zero-order chi connectivity index (χ0) is 26.8. The van der Waals surface area contributed by atoms with Gasteiger partial charge in [0, 0.05) is 23.7 Å². The highest BCUT2D eigenvalue weighted by atomic mass is 32.2. The van der Waals surface area contributed by atoms with Gasteiger partial charge in [0.2, 0.25) is 5.56 Å². The molecule has 0 radical (unpaired) electrons. The summed E-state index contributed by atoms with van der Waals surface area (Å²) in [7, 11) is 1.61. The number of fused-ring (bicyclic) bond motifs is 1. The van der Waals surface area contributed by atoms with Gasteiger partial charge in [-0.25, -0.2) is 4.79 Å². The minimum atomic E-state index is -0.975. The molecule has 38 heavy (non-hydrogen) atoms. The van der Waals surface area contributed by atoms with Gasteiger partial charge in [-0.05, 0) is 77.0 Å². The van der Waals surface area contributed by atoms with Crippen molar-refractivity contribution in [2.24, 2.45) is 0 Å². The van der Waals surface area contributed by atoms with E-state index in [4.69, 9.17) is 22.1 Å². The molecular formula is C29H22N2O5S2. The van der Waals surface area contributed by atoms with E-state index in [1.54, 1.807) is 42.3 Å². The number of methoxy groups -OCH3 is 1. The van der Waals surface area contributed by atoms with E-state index in [0.717, 1.165) is 33.2 Å². The molecule has 0 spiro atoms. The van der Waals surface area contributed by atoms with Crippen LogP contribution in [0.5, 0.6) is 5.75 Å². The topological polar surface area (TPSA) is 99.7 Å². The van der Waals surface area contributed by atoms with Crippen LogP contribution in [0.4, 0.5) is 0 Å². The average Bonchev–Trinajstić information content (AvgIpc) is 3.18. The fourth-order valence-electron chi connectivity index (χ4n) is 4.26. The first-order valence-corrected chi connectivity index (χ1v) is 12.9. The molecular weight excluding hydrogens is 520 g/mol. The predicted octanol–water partition coefficient (Wildman–Crippen LogP) is 5.35. The highest BCUT2D eigenvalue weighted by Crippen LogP contribution is 2.36. The molecule has 3 aromatic carbocycles. The van der Waals surface area contributed by atoms with Crippen molar-refractivity contribution < 1.29 is 19.4 Å². The van der Waals surface area contributed by atoms with Crippen LogP contribution in [-0.4, -0.2) is 44.8 Å². The third kappa shape index (κ3) is 5.25. The van der Waals surface area contributed by atoms with Crippen molar-refractivity contribution in [3.8, 4) is 16.9 Å². The van der Waals surface area contributed by atoms with Crippen molar-refractivity contribution in [2.75, 3.05) is 13.7 Å². The molecule has 1 saturated heterocycles. The molecule has 1 aromatic heterocycles. The minimum absolute atomic E-state index is 0.154. The lowest BCUT2D eigenvalue weighted by molar-refractivity contribution is -0.122. The fraction of sp³-hybridized carbons (Fsp3) is 0.103. The fourth-order valence-corrected chi connectivity index (χ4v) is 5.57. The number of aromatic amines is 1. The van der Waals surface area contributed by atoms with E-state index in [1.165, 1.54) is 17.8 Å². The SMILES string of the molecule is COc1ccc(/C=C2\SC(=S)N(CCc3ccc(C(=O)O)cc3)C2=O)cc1-c1ccc2[nH]c(=O)ccc2c1. The van der Waals surface area contributed by atoms with Crippen molar-refractivity contribution in [2.45, 2.75) is 6.42 Å². The molecule has 9 heteroatoms. The summed E-state index contributed by atoms with van der Waals surface area (Å²) in [5.41, 5.74) is 4.34. The molecule has 2 heterocycles. The summed E-state index contributed by atoms with van der Waals surface area (Å²) >= 11 is 6.74. The maximum absolute atomic E-state index is 13.2. The molecule has 0 aliphatic carbocycles. The zero-order valence-corrected chi connectivity index (χ0v) is 21.9. The smallest absolute Gasteiger partial charge is 0.335 e. The first-order valence-electron chi connectivity index (χ1n) is 11.7. The van der Waals surface area contributed by atoms with Crippen LogP contribution in [0.3, 0.4) is 0 Å². The Morgan fingerprint density at radius 3 is 2.58 bits per heavy atom. The average molecular weight is 543 g/mol. The van der Waals surface area contributed by atoms with Crippen molar-refractivity contribution in [1.82, 2.24) is 9.88 Å². The van der Waals surface area contributed by atoms with E-state index in [2.05, 4.69) is 4.98 Å². The number of H-pyrrole nitrogens is 1. The maximum Gasteiger partial charge on any atom is 0.335 e. The Labute approximate surface area is 227 Å². The highest BCUT2D eigenvalue weighted by molar-refractivity contribution is 8.26. The second kappa shape index (κ2) is 10.6. The molecule has 1 aliphatic heterocycles. The van der Waals surface area contributed by atoms with Gasteiger partial charge in [-0.2, -0.15) is 0 Å². The second-order valence-corrected chi connectivity index (χ2v) is 10.3. The first-order chi connectivity index (χ1) is 18.3. The summed E-state index contributed by atoms with van der Waals surface area (Å²) in [6.07, 6.45) is 2.38. The molecule has 0 atom stereocenters. The van der Waals surface area contributed by atoms with Crippen molar-refractivity contribution >= 4 is 57.2 Å². The standard InChI is InChI=1S/C29H22N2O5S2/c1-36-24-10-4-18(14-22(24)20-7-9-23-21(16-20)8-11-26(32)30-23)15-25-27(33)31(29(37)38-25)13-12-17-2-5-19(6-3-17)28(34)35/h2-11,14-16H,12-13H2,1H3,(H,30,32)(H,34,35)/b25-15-. The lowest BCUT2D eigenvalue weighted by Crippen LogP contribution is -2.30. The number of carboxylic acids is 1. The van der Waals surface area contributed by atoms with Crippen LogP contribution in [0.15, 0.2) is 82.5 Å². The number of carbonyl (C=O) groups is 2. The Bertz CT molecular complexity index is 1670. The number of pyridine rings is 1. The van der Waals surface area contributed by atoms with Gasteiger partial charge < -0.3 is 14.8 Å². The summed E-state index contributed by atoms with van der Waals surface area (Å²) in [5, 5.41) is 9.96. The number of benzene rings is 3. The number of thioether (sulfide) groups is 1. The molecule has 7 nitrogen and oxygen atoms in total. The number of amides is 1. The largest absolute Gasteiger partial charge is 0.496 e. The molecule has 4 aromatic rings. The van der Waals surface area contributed by atoms with Gasteiger partial charge in [0.1, 0.15) is 10.1 Å². The Kier molecular flexibility index (Phi) is 7.13. The van der Waals surface area contributed by atoms with Gasteiger partial charge >= 0.3 is 5.97 Å². The number of hydrogen-bond acceptors (Lipinski definition) is 6. The van der Waals surface area contributed by atoms with Crippen LogP contribution in [0.1, 0.15) is 21.5 Å². The van der Waals surface area contributed by atoms with E-state index in [0.29, 0.717) is 27.9 Å². The number of thiocarbonyl (C=S) groups is 1. The van der Waals surface area contributed by atoms with Gasteiger partial charge in [-0.1, -0.05) is 48.2 Å². The lowest BCUT2D eigenvalue weighted by Gasteiger charge is -2.14. The summed E-state index contributed by atoms with van der Waals surface area (Å²) < 4.78 is 6.08. The van der Waals surface area contributed by atoms with Crippen molar-refractivity contribution in [3.63, 3.8) is 0 Å². The maximum atomic E-state index is 13.2. The number of carboxylic acid groups (broad SMARTS) is 1. The van der Waals surface area contributed by atoms with Gasteiger partial charge in [0.25, 0.3) is 5.91 Å². The lowest BCUT2D eigenvalue weighted by atomic mass is 10.00. The number of rotatable bonds is 7. The molecule has 0 saturated carbocycles. The molecule has 1 fully saturated rings. The van der Waals surface area contributed by atoms with Gasteiger partial charge in [-0.15, -0.1) is 0 Å². The Morgan fingerprint density at radius 2 is 1.84 bits per heavy atom. The van der Waals surface area contributed by atoms with Crippen LogP contribution < -0.4 is 10.3 Å². The van der Waals surface area contributed by atoms with Gasteiger partial charge in [0.15, 0.2) is 0 Å². The quantitative estimate of drug-likeness (QED) is 0.240. The van der Waals surface area contributed by atoms with Crippen LogP contribution in [0.2, 0.25) is 0 Å². The summed E-state index contributed by atoms with van der Waals surface area (Å²) in [6.45, 7) is 0.404. The van der Waals surface area contributed by atoms with Crippen LogP contribution in [0, 0.1) is 0 Å². The Balaban J connectivity index is 1.37. The number of hydrogen-bond donors (Lipinski definition) is 2. The molecule has 5 rings (SSSR count). The number of nitrogens with zero attached hydrogens (tertiary/aromatic N) is 1. The number of aromatic nitrogens is 1. The van der Waals surface area contributed by atoms with E-state index >= 15 is 0 Å². The summed E-state index contributed by atoms with van der Waals surface area (Å²) in [4.78, 5) is 40.8. The molecule has 2 N–H and O–H groups in total. The van der Waals surface area contributed by atoms with Crippen molar-refractivity contribution in [1.29, 1.82) is 0 Å². The van der Waals surface area contributed by atoms with E-state index in [9.17, 15) is 14.4 Å². The molecule has 1 aliphatic rings. The van der Waals surface area contributed by atoms with E-state index < -0.39 is 5.97 Å². The normalized spacial score (nSPS) is 14.4. The van der Waals surface area contributed by atoms with E-state index in [1.807, 2.05) is 42.5 Å². The number of ether oxygens (including phenoxy) is 1. The summed E-state index contributed by atoms with van der Waals surface area (Å²) in [6, 6.07) is 21.3. The van der Waals surface area contributed by atoms with Crippen LogP contribution >= 0.6 is 24.0 Å². The molecule has 0 unspecified atom stereocenters. The number of aromatic carboxylic acids is 1. The van der Waals surface area contributed by atoms with Gasteiger partial charge in [0.05, 0.1) is 17.6 Å². The zero-order valence-electron chi connectivity index (χ0n) is 20.3. The number of carbonyl (C=O) groups excluding carboxylic acids is 1. The van der Waals surface area contributed by atoms with Crippen molar-refractivity contribution in [3.05, 3.63) is 105 Å². The second-order valence-electron chi connectivity index (χ2n) is 8.67. The molecule has 0 bridgehead atoms. The minimum Gasteiger partial charge on any atom is -0.496 e. The predicted molar refractivity (Wildman–Crippen MR) is 154 cm³/mol. The summed E-state index contributed by atoms with van der Waals surface area (Å²) in [5.74, 6) is -0.446. The van der Waals surface area contributed by atoms with Crippen LogP contribution in [0.25, 0.3) is 28.1 Å². The van der Waals surface area contributed by atoms with Crippen LogP contribution in [-0.2, 0) is 11.2 Å². The van der Waals surface area contributed by atoms with Gasteiger partial charge in [-0.3, -0.25) is 14.5 Å². The monoisotopic (exact) mass is 542 g/mol. The Hall–Kier alpha value is -4.21. The number of nitrogens with one attached hydrogen (secondary N) is 1. The third-order valence-corrected chi connectivity index (χ3v) is 7.63. The Morgan fingerprint density at radius 1 is 1.05 bits per heavy atom. The molecule has 190 valence electrons.